The Morgan fingerprint density at radius 3 is 2.00 bits per heavy atom. The summed E-state index contributed by atoms with van der Waals surface area (Å²) in [7, 11) is 0. The Morgan fingerprint density at radius 1 is 1.00 bits per heavy atom. The number of ether oxygens (including phenoxy) is 3. The monoisotopic (exact) mass is 348 g/mol. The molecule has 0 radical (unpaired) electrons. The first kappa shape index (κ1) is 23.3. The molecule has 1 amide bonds. The Labute approximate surface area is 149 Å². The van der Waals surface area contributed by atoms with Gasteiger partial charge in [-0.05, 0) is 18.8 Å². The van der Waals surface area contributed by atoms with Gasteiger partial charge in [0, 0.05) is 21.1 Å². The van der Waals surface area contributed by atoms with Crippen LogP contribution in [0, 0.1) is 5.92 Å². The van der Waals surface area contributed by atoms with Crippen LogP contribution in [-0.2, 0) is 19.0 Å². The number of nitrogens with zero attached hydrogens (tertiary/aromatic N) is 1. The fraction of sp³-hybridized carbons (Fsp3) is 0.944. The van der Waals surface area contributed by atoms with Crippen LogP contribution in [0.25, 0.3) is 0 Å². The maximum absolute atomic E-state index is 12.0. The van der Waals surface area contributed by atoms with Crippen molar-refractivity contribution in [2.45, 2.75) is 46.5 Å². The summed E-state index contributed by atoms with van der Waals surface area (Å²) in [6.45, 7) is 11.8. The van der Waals surface area contributed by atoms with E-state index in [1.165, 1.54) is 6.42 Å². The number of nitrogens with two attached hydrogens (primary N) is 1. The molecule has 6 heteroatoms. The lowest BCUT2D eigenvalue weighted by Gasteiger charge is -2.31. The van der Waals surface area contributed by atoms with E-state index in [1.54, 1.807) is 0 Å². The number of likely N-dealkylation sites (tertiary alicyclic amines) is 1. The summed E-state index contributed by atoms with van der Waals surface area (Å²) >= 11 is 0. The predicted octanol–water partition coefficient (Wildman–Crippen LogP) is 2.31. The molecule has 1 fully saturated rings. The Kier molecular flexibility index (Phi) is 16.7. The normalized spacial score (nSPS) is 15.1. The minimum Gasteiger partial charge on any atom is -0.379 e. The highest BCUT2D eigenvalue weighted by atomic mass is 16.5. The highest BCUT2D eigenvalue weighted by Gasteiger charge is 2.21. The van der Waals surface area contributed by atoms with Gasteiger partial charge < -0.3 is 24.8 Å². The first-order valence-corrected chi connectivity index (χ1v) is 9.49. The molecule has 0 unspecified atom stereocenters. The van der Waals surface area contributed by atoms with Crippen molar-refractivity contribution in [2.75, 3.05) is 59.3 Å². The minimum atomic E-state index is 0. The van der Waals surface area contributed by atoms with Crippen molar-refractivity contribution >= 4 is 5.91 Å². The van der Waals surface area contributed by atoms with Gasteiger partial charge in [-0.2, -0.15) is 0 Å². The quantitative estimate of drug-likeness (QED) is 0.548. The van der Waals surface area contributed by atoms with E-state index in [-0.39, 0.29) is 7.33 Å². The lowest BCUT2D eigenvalue weighted by molar-refractivity contribution is -0.133. The van der Waals surface area contributed by atoms with E-state index < -0.39 is 0 Å². The van der Waals surface area contributed by atoms with Gasteiger partial charge >= 0.3 is 0 Å². The topological polar surface area (TPSA) is 74.0 Å². The average Bonchev–Trinajstić information content (AvgIpc) is 2.64. The van der Waals surface area contributed by atoms with Crippen LogP contribution < -0.4 is 5.73 Å². The van der Waals surface area contributed by atoms with Gasteiger partial charge in [0.1, 0.15) is 0 Å². The number of piperidine rings is 1. The number of hydrogen-bond donors (Lipinski definition) is 1. The van der Waals surface area contributed by atoms with Crippen molar-refractivity contribution in [1.29, 1.82) is 0 Å². The largest absolute Gasteiger partial charge is 0.379 e. The number of amides is 1. The third-order valence-corrected chi connectivity index (χ3v) is 4.01. The summed E-state index contributed by atoms with van der Waals surface area (Å²) in [5, 5.41) is 0. The number of rotatable bonds is 12. The summed E-state index contributed by atoms with van der Waals surface area (Å²) in [4.78, 5) is 14.0. The molecule has 0 saturated carbocycles. The molecule has 2 N–H and O–H groups in total. The second kappa shape index (κ2) is 17.1. The maximum atomic E-state index is 12.0. The van der Waals surface area contributed by atoms with E-state index >= 15 is 0 Å². The molecular weight excluding hydrogens is 308 g/mol. The molecule has 1 rings (SSSR count). The van der Waals surface area contributed by atoms with E-state index in [9.17, 15) is 4.79 Å². The van der Waals surface area contributed by atoms with Crippen molar-refractivity contribution in [3.63, 3.8) is 0 Å². The molecule has 0 aliphatic carbocycles. The fourth-order valence-corrected chi connectivity index (χ4v) is 2.53. The smallest absolute Gasteiger partial charge is 0.224 e. The van der Waals surface area contributed by atoms with E-state index in [4.69, 9.17) is 19.9 Å². The summed E-state index contributed by atoms with van der Waals surface area (Å²) in [5.41, 5.74) is 5.30. The van der Waals surface area contributed by atoms with Crippen LogP contribution >= 0.6 is 0 Å². The van der Waals surface area contributed by atoms with E-state index in [0.29, 0.717) is 52.6 Å². The maximum Gasteiger partial charge on any atom is 0.224 e. The summed E-state index contributed by atoms with van der Waals surface area (Å²) in [6.07, 6.45) is 3.98. The zero-order valence-corrected chi connectivity index (χ0v) is 15.9. The molecule has 0 aromatic heterocycles. The first-order valence-electron chi connectivity index (χ1n) is 9.49. The van der Waals surface area contributed by atoms with Crippen molar-refractivity contribution in [3.8, 4) is 0 Å². The fourth-order valence-electron chi connectivity index (χ4n) is 2.53. The standard InChI is InChI=1S/C16H32N2O4.C2H6.H2/c1-2-15-3-7-18(8-4-15)16(19)5-9-20-11-13-22-14-12-21-10-6-17;1-2;/h15H,2-14,17H2,1H3;1-2H3;1H. The Bertz CT molecular complexity index is 288. The molecular formula is C18H40N2O4. The van der Waals surface area contributed by atoms with Gasteiger partial charge in [-0.1, -0.05) is 27.2 Å². The molecule has 1 aliphatic heterocycles. The molecule has 0 atom stereocenters. The second-order valence-electron chi connectivity index (χ2n) is 5.61. The van der Waals surface area contributed by atoms with Gasteiger partial charge in [-0.25, -0.2) is 0 Å². The van der Waals surface area contributed by atoms with Gasteiger partial charge in [-0.3, -0.25) is 4.79 Å². The Balaban J connectivity index is 0. The lowest BCUT2D eigenvalue weighted by atomic mass is 9.94. The minimum absolute atomic E-state index is 0. The second-order valence-corrected chi connectivity index (χ2v) is 5.61. The van der Waals surface area contributed by atoms with Crippen molar-refractivity contribution in [3.05, 3.63) is 0 Å². The van der Waals surface area contributed by atoms with Gasteiger partial charge in [-0.15, -0.1) is 0 Å². The van der Waals surface area contributed by atoms with Crippen LogP contribution in [0.1, 0.15) is 47.9 Å². The summed E-state index contributed by atoms with van der Waals surface area (Å²) in [6, 6.07) is 0. The van der Waals surface area contributed by atoms with Crippen molar-refractivity contribution < 1.29 is 20.4 Å². The van der Waals surface area contributed by atoms with E-state index in [1.807, 2.05) is 18.7 Å². The molecule has 1 saturated heterocycles. The Hall–Kier alpha value is -0.690. The molecule has 6 nitrogen and oxygen atoms in total. The van der Waals surface area contributed by atoms with Gasteiger partial charge in [0.25, 0.3) is 0 Å². The predicted molar refractivity (Wildman–Crippen MR) is 99.2 cm³/mol. The van der Waals surface area contributed by atoms with Gasteiger partial charge in [0.15, 0.2) is 0 Å². The van der Waals surface area contributed by atoms with Crippen LogP contribution in [0.5, 0.6) is 0 Å². The molecule has 0 aromatic rings. The zero-order chi connectivity index (χ0) is 18.0. The van der Waals surface area contributed by atoms with Crippen molar-refractivity contribution in [1.82, 2.24) is 4.90 Å². The molecule has 24 heavy (non-hydrogen) atoms. The lowest BCUT2D eigenvalue weighted by Crippen LogP contribution is -2.38. The summed E-state index contributed by atoms with van der Waals surface area (Å²) in [5.74, 6) is 1.01. The molecule has 0 bridgehead atoms. The molecule has 0 aromatic carbocycles. The third-order valence-electron chi connectivity index (χ3n) is 4.01. The highest BCUT2D eigenvalue weighted by Crippen LogP contribution is 2.20. The molecule has 0 spiro atoms. The van der Waals surface area contributed by atoms with Crippen molar-refractivity contribution in [2.24, 2.45) is 11.7 Å². The first-order chi connectivity index (χ1) is 11.8. The number of hydrogen-bond acceptors (Lipinski definition) is 5. The highest BCUT2D eigenvalue weighted by molar-refractivity contribution is 5.76. The van der Waals surface area contributed by atoms with E-state index in [2.05, 4.69) is 6.92 Å². The zero-order valence-electron chi connectivity index (χ0n) is 15.9. The van der Waals surface area contributed by atoms with Crippen LogP contribution in [0.2, 0.25) is 0 Å². The SMILES string of the molecule is CC.CCC1CCN(C(=O)CCOCCOCCOCCN)CC1.[HH]. The molecule has 1 heterocycles. The van der Waals surface area contributed by atoms with Crippen LogP contribution in [0.15, 0.2) is 0 Å². The van der Waals surface area contributed by atoms with E-state index in [0.717, 1.165) is 31.8 Å². The third kappa shape index (κ3) is 11.8. The Morgan fingerprint density at radius 2 is 1.50 bits per heavy atom. The number of carbonyl (C=O) groups excluding carboxylic acids is 1. The summed E-state index contributed by atoms with van der Waals surface area (Å²) < 4.78 is 16.0. The van der Waals surface area contributed by atoms with Crippen LogP contribution in [-0.4, -0.2) is 70.1 Å². The number of carbonyl (C=O) groups is 1. The average molecular weight is 349 g/mol. The van der Waals surface area contributed by atoms with Gasteiger partial charge in [0.2, 0.25) is 5.91 Å². The molecule has 146 valence electrons. The van der Waals surface area contributed by atoms with Gasteiger partial charge in [0.05, 0.1) is 46.1 Å². The van der Waals surface area contributed by atoms with Crippen LogP contribution in [0.4, 0.5) is 0 Å². The van der Waals surface area contributed by atoms with Crippen LogP contribution in [0.3, 0.4) is 0 Å². The molecule has 1 aliphatic rings.